The van der Waals surface area contributed by atoms with Gasteiger partial charge in [-0.05, 0) is 19.1 Å². The van der Waals surface area contributed by atoms with Gasteiger partial charge < -0.3 is 9.15 Å². The maximum atomic E-state index is 11.4. The lowest BCUT2D eigenvalue weighted by Gasteiger charge is -1.98. The highest BCUT2D eigenvalue weighted by Gasteiger charge is 2.12. The number of hydrogen-bond acceptors (Lipinski definition) is 3. The molecule has 0 aliphatic carbocycles. The molecule has 0 fully saturated rings. The maximum absolute atomic E-state index is 11.4. The highest BCUT2D eigenvalue weighted by Crippen LogP contribution is 2.24. The number of ether oxygens (including phenoxy) is 1. The molecule has 2 rings (SSSR count). The summed E-state index contributed by atoms with van der Waals surface area (Å²) in [5.74, 6) is 0.289. The van der Waals surface area contributed by atoms with Crippen molar-refractivity contribution in [2.45, 2.75) is 6.92 Å². The molecule has 0 aliphatic heterocycles. The van der Waals surface area contributed by atoms with Gasteiger partial charge in [0.1, 0.15) is 5.76 Å². The van der Waals surface area contributed by atoms with Gasteiger partial charge in [-0.3, -0.25) is 0 Å². The molecule has 0 N–H and O–H groups in total. The van der Waals surface area contributed by atoms with Crippen LogP contribution in [-0.2, 0) is 4.74 Å². The van der Waals surface area contributed by atoms with Crippen molar-refractivity contribution >= 4 is 11.7 Å². The van der Waals surface area contributed by atoms with Crippen molar-refractivity contribution in [3.8, 4) is 11.3 Å². The number of carbonyl (C=O) groups is 1. The van der Waals surface area contributed by atoms with Crippen molar-refractivity contribution in [2.24, 2.45) is 0 Å². The van der Waals surface area contributed by atoms with Gasteiger partial charge in [0, 0.05) is 5.56 Å². The summed E-state index contributed by atoms with van der Waals surface area (Å²) in [5, 5.41) is 0. The first-order valence-corrected chi connectivity index (χ1v) is 5.49. The first kappa shape index (κ1) is 11.9. The van der Waals surface area contributed by atoms with E-state index in [-0.39, 0.29) is 5.76 Å². The molecular weight excluding hydrogens is 230 g/mol. The molecule has 0 bridgehead atoms. The smallest absolute Gasteiger partial charge is 0.374 e. The number of furan rings is 1. The van der Waals surface area contributed by atoms with Crippen molar-refractivity contribution in [2.75, 3.05) is 6.61 Å². The summed E-state index contributed by atoms with van der Waals surface area (Å²) in [5.41, 5.74) is 1.38. The van der Waals surface area contributed by atoms with Crippen LogP contribution in [-0.4, -0.2) is 12.6 Å². The van der Waals surface area contributed by atoms with Crippen LogP contribution in [0.25, 0.3) is 16.2 Å². The minimum absolute atomic E-state index is 0.182. The fourth-order valence-electron chi connectivity index (χ4n) is 1.51. The quantitative estimate of drug-likeness (QED) is 0.608. The summed E-state index contributed by atoms with van der Waals surface area (Å²) in [6, 6.07) is 10.3. The van der Waals surface area contributed by atoms with Crippen LogP contribution in [0.15, 0.2) is 40.8 Å². The van der Waals surface area contributed by atoms with E-state index in [4.69, 9.17) is 15.7 Å². The number of esters is 1. The zero-order chi connectivity index (χ0) is 13.0. The first-order chi connectivity index (χ1) is 8.74. The monoisotopic (exact) mass is 241 g/mol. The second kappa shape index (κ2) is 5.19. The standard InChI is InChI=1S/C14H11NO3/c1-3-17-14(16)13-9-8-12(18-13)10-4-6-11(15-2)7-5-10/h4-9H,3H2,1H3. The summed E-state index contributed by atoms with van der Waals surface area (Å²) >= 11 is 0. The van der Waals surface area contributed by atoms with Gasteiger partial charge in [0.05, 0.1) is 13.2 Å². The predicted molar refractivity (Wildman–Crippen MR) is 66.4 cm³/mol. The second-order valence-corrected chi connectivity index (χ2v) is 3.54. The van der Waals surface area contributed by atoms with Crippen molar-refractivity contribution in [1.29, 1.82) is 0 Å². The number of carbonyl (C=O) groups excluding carboxylic acids is 1. The average Bonchev–Trinajstić information content (AvgIpc) is 2.89. The summed E-state index contributed by atoms with van der Waals surface area (Å²) in [4.78, 5) is 14.7. The van der Waals surface area contributed by atoms with Crippen LogP contribution in [0.4, 0.5) is 5.69 Å². The Morgan fingerprint density at radius 1 is 1.28 bits per heavy atom. The van der Waals surface area contributed by atoms with Gasteiger partial charge in [0.25, 0.3) is 0 Å². The van der Waals surface area contributed by atoms with Crippen LogP contribution in [0.2, 0.25) is 0 Å². The molecule has 0 atom stereocenters. The highest BCUT2D eigenvalue weighted by molar-refractivity contribution is 5.87. The fourth-order valence-corrected chi connectivity index (χ4v) is 1.51. The maximum Gasteiger partial charge on any atom is 0.374 e. The Hall–Kier alpha value is -2.54. The van der Waals surface area contributed by atoms with Crippen LogP contribution in [0.5, 0.6) is 0 Å². The van der Waals surface area contributed by atoms with Crippen molar-refractivity contribution < 1.29 is 13.9 Å². The highest BCUT2D eigenvalue weighted by atomic mass is 16.5. The summed E-state index contributed by atoms with van der Waals surface area (Å²) in [7, 11) is 0. The molecule has 0 radical (unpaired) electrons. The van der Waals surface area contributed by atoms with Crippen molar-refractivity contribution in [3.63, 3.8) is 0 Å². The molecule has 90 valence electrons. The summed E-state index contributed by atoms with van der Waals surface area (Å²) < 4.78 is 10.2. The molecule has 1 aromatic heterocycles. The Kier molecular flexibility index (Phi) is 3.44. The number of hydrogen-bond donors (Lipinski definition) is 0. The predicted octanol–water partition coefficient (Wildman–Crippen LogP) is 3.67. The lowest BCUT2D eigenvalue weighted by atomic mass is 10.1. The Morgan fingerprint density at radius 2 is 2.00 bits per heavy atom. The second-order valence-electron chi connectivity index (χ2n) is 3.54. The van der Waals surface area contributed by atoms with Crippen LogP contribution < -0.4 is 0 Å². The third kappa shape index (κ3) is 2.41. The van der Waals surface area contributed by atoms with Crippen LogP contribution in [0.1, 0.15) is 17.5 Å². The molecule has 4 nitrogen and oxygen atoms in total. The molecule has 4 heteroatoms. The van der Waals surface area contributed by atoms with Gasteiger partial charge in [-0.1, -0.05) is 24.3 Å². The van der Waals surface area contributed by atoms with Crippen LogP contribution >= 0.6 is 0 Å². The minimum Gasteiger partial charge on any atom is -0.460 e. The molecule has 0 amide bonds. The third-order valence-corrected chi connectivity index (χ3v) is 2.36. The Balaban J connectivity index is 2.24. The lowest BCUT2D eigenvalue weighted by molar-refractivity contribution is 0.0491. The van der Waals surface area contributed by atoms with E-state index in [0.29, 0.717) is 18.1 Å². The number of nitrogens with zero attached hydrogens (tertiary/aromatic N) is 1. The van der Waals surface area contributed by atoms with E-state index < -0.39 is 5.97 Å². The minimum atomic E-state index is -0.471. The van der Waals surface area contributed by atoms with Gasteiger partial charge in [0.2, 0.25) is 5.76 Å². The Labute approximate surface area is 105 Å². The van der Waals surface area contributed by atoms with E-state index in [1.54, 1.807) is 43.3 Å². The van der Waals surface area contributed by atoms with E-state index >= 15 is 0 Å². The molecule has 18 heavy (non-hydrogen) atoms. The molecule has 2 aromatic rings. The Bertz CT molecular complexity index is 590. The van der Waals surface area contributed by atoms with E-state index in [1.807, 2.05) is 0 Å². The average molecular weight is 241 g/mol. The largest absolute Gasteiger partial charge is 0.460 e. The Morgan fingerprint density at radius 3 is 2.61 bits per heavy atom. The van der Waals surface area contributed by atoms with Crippen molar-refractivity contribution in [3.05, 3.63) is 53.6 Å². The summed E-state index contributed by atoms with van der Waals surface area (Å²) in [6.07, 6.45) is 0. The van der Waals surface area contributed by atoms with Gasteiger partial charge in [-0.15, -0.1) is 0 Å². The molecule has 0 spiro atoms. The SMILES string of the molecule is [C-]#[N+]c1ccc(-c2ccc(C(=O)OCC)o2)cc1. The van der Waals surface area contributed by atoms with Gasteiger partial charge >= 0.3 is 5.97 Å². The van der Waals surface area contributed by atoms with Crippen LogP contribution in [0.3, 0.4) is 0 Å². The normalized spacial score (nSPS) is 9.78. The van der Waals surface area contributed by atoms with E-state index in [9.17, 15) is 4.79 Å². The summed E-state index contributed by atoms with van der Waals surface area (Å²) in [6.45, 7) is 8.92. The van der Waals surface area contributed by atoms with E-state index in [1.165, 1.54) is 0 Å². The molecular formula is C14H11NO3. The zero-order valence-electron chi connectivity index (χ0n) is 9.84. The third-order valence-electron chi connectivity index (χ3n) is 2.36. The molecule has 0 saturated carbocycles. The number of rotatable bonds is 3. The topological polar surface area (TPSA) is 43.8 Å². The molecule has 1 heterocycles. The molecule has 0 saturated heterocycles. The fraction of sp³-hybridized carbons (Fsp3) is 0.143. The molecule has 0 aliphatic rings. The molecule has 0 unspecified atom stereocenters. The van der Waals surface area contributed by atoms with E-state index in [0.717, 1.165) is 5.56 Å². The van der Waals surface area contributed by atoms with Gasteiger partial charge in [0.15, 0.2) is 5.69 Å². The van der Waals surface area contributed by atoms with Gasteiger partial charge in [-0.2, -0.15) is 0 Å². The number of benzene rings is 1. The van der Waals surface area contributed by atoms with E-state index in [2.05, 4.69) is 4.85 Å². The van der Waals surface area contributed by atoms with Gasteiger partial charge in [-0.25, -0.2) is 9.64 Å². The zero-order valence-corrected chi connectivity index (χ0v) is 9.84. The first-order valence-electron chi connectivity index (χ1n) is 5.49. The van der Waals surface area contributed by atoms with Crippen LogP contribution in [0, 0.1) is 6.57 Å². The molecule has 1 aromatic carbocycles. The van der Waals surface area contributed by atoms with Crippen molar-refractivity contribution in [1.82, 2.24) is 0 Å². The lowest BCUT2D eigenvalue weighted by Crippen LogP contribution is -2.02.